The molecule has 0 fully saturated rings. The summed E-state index contributed by atoms with van der Waals surface area (Å²) in [5.74, 6) is -0.543. The van der Waals surface area contributed by atoms with E-state index in [9.17, 15) is 40.7 Å². The summed E-state index contributed by atoms with van der Waals surface area (Å²) in [4.78, 5) is 48.8. The number of rotatable bonds is 9. The number of amides is 3. The third kappa shape index (κ3) is 7.94. The number of aromatic amines is 1. The van der Waals surface area contributed by atoms with Crippen LogP contribution < -0.4 is 15.0 Å². The number of nitrogens with zero attached hydrogens (tertiary/aromatic N) is 3. The van der Waals surface area contributed by atoms with E-state index >= 15 is 0 Å². The monoisotopic (exact) mass is 685 g/mol. The average Bonchev–Trinajstić information content (AvgIpc) is 3.55. The van der Waals surface area contributed by atoms with Gasteiger partial charge in [-0.2, -0.15) is 26.3 Å². The third-order valence-corrected chi connectivity index (χ3v) is 7.70. The number of anilines is 1. The molecule has 1 aliphatic heterocycles. The molecule has 0 unspecified atom stereocenters. The minimum Gasteiger partial charge on any atom is -0.496 e. The molecule has 2 atom stereocenters. The molecule has 0 radical (unpaired) electrons. The number of carbonyl (C=O) groups is 3. The average molecular weight is 686 g/mol. The number of H-pyrrole nitrogens is 1. The molecule has 0 bridgehead atoms. The number of ether oxygens (including phenoxy) is 3. The van der Waals surface area contributed by atoms with Crippen molar-refractivity contribution in [1.29, 1.82) is 0 Å². The van der Waals surface area contributed by atoms with Crippen molar-refractivity contribution >= 4 is 23.8 Å². The molecule has 2 aromatic carbocycles. The van der Waals surface area contributed by atoms with Gasteiger partial charge in [0.25, 0.3) is 5.91 Å². The number of aromatic nitrogens is 2. The van der Waals surface area contributed by atoms with Crippen LogP contribution in [0.25, 0.3) is 0 Å². The van der Waals surface area contributed by atoms with Crippen LogP contribution in [0, 0.1) is 0 Å². The van der Waals surface area contributed by atoms with Gasteiger partial charge in [0.2, 0.25) is 0 Å². The molecule has 0 aliphatic carbocycles. The van der Waals surface area contributed by atoms with Crippen molar-refractivity contribution in [2.45, 2.75) is 57.7 Å². The van der Waals surface area contributed by atoms with E-state index in [2.05, 4.69) is 15.3 Å². The predicted molar refractivity (Wildman–Crippen MR) is 158 cm³/mol. The highest BCUT2D eigenvalue weighted by Gasteiger charge is 2.42. The van der Waals surface area contributed by atoms with E-state index in [1.54, 1.807) is 20.0 Å². The van der Waals surface area contributed by atoms with E-state index in [1.807, 2.05) is 0 Å². The highest BCUT2D eigenvalue weighted by atomic mass is 19.4. The van der Waals surface area contributed by atoms with Crippen LogP contribution in [0.1, 0.15) is 64.6 Å². The zero-order valence-corrected chi connectivity index (χ0v) is 26.3. The van der Waals surface area contributed by atoms with E-state index in [0.717, 1.165) is 17.7 Å². The molecular formula is C31H33F6N5O6. The lowest BCUT2D eigenvalue weighted by Crippen LogP contribution is -2.48. The van der Waals surface area contributed by atoms with Gasteiger partial charge < -0.3 is 24.5 Å². The van der Waals surface area contributed by atoms with Crippen LogP contribution in [-0.2, 0) is 34.8 Å². The molecule has 1 aliphatic rings. The van der Waals surface area contributed by atoms with Gasteiger partial charge in [0.05, 0.1) is 55.6 Å². The lowest BCUT2D eigenvalue weighted by Gasteiger charge is -2.42. The Bertz CT molecular complexity index is 1600. The number of hydrogen-bond acceptors (Lipinski definition) is 7. The van der Waals surface area contributed by atoms with Crippen LogP contribution in [0.15, 0.2) is 42.9 Å². The summed E-state index contributed by atoms with van der Waals surface area (Å²) in [5.41, 5.74) is -2.51. The van der Waals surface area contributed by atoms with Crippen LogP contribution in [0.2, 0.25) is 0 Å². The van der Waals surface area contributed by atoms with Gasteiger partial charge in [0, 0.05) is 43.5 Å². The first-order chi connectivity index (χ1) is 22.6. The Balaban J connectivity index is 1.83. The summed E-state index contributed by atoms with van der Waals surface area (Å²) >= 11 is 0. The largest absolute Gasteiger partial charge is 0.496 e. The molecular weight excluding hydrogens is 652 g/mol. The molecule has 0 saturated heterocycles. The van der Waals surface area contributed by atoms with E-state index in [4.69, 9.17) is 14.2 Å². The fourth-order valence-electron chi connectivity index (χ4n) is 5.52. The number of carbonyl (C=O) groups excluding carboxylic acids is 3. The molecule has 3 aromatic rings. The highest BCUT2D eigenvalue weighted by Crippen LogP contribution is 2.45. The zero-order valence-electron chi connectivity index (χ0n) is 26.3. The van der Waals surface area contributed by atoms with Crippen LogP contribution in [0.4, 0.5) is 41.6 Å². The summed E-state index contributed by atoms with van der Waals surface area (Å²) in [6.45, 7) is 2.67. The van der Waals surface area contributed by atoms with Gasteiger partial charge in [-0.05, 0) is 55.7 Å². The first-order valence-electron chi connectivity index (χ1n) is 14.6. The fourth-order valence-corrected chi connectivity index (χ4v) is 5.52. The molecule has 2 N–H and O–H groups in total. The highest BCUT2D eigenvalue weighted by molar-refractivity contribution is 5.99. The van der Waals surface area contributed by atoms with E-state index < -0.39 is 65.8 Å². The Morgan fingerprint density at radius 3 is 2.25 bits per heavy atom. The minimum atomic E-state index is -5.12. The Labute approximate surface area is 271 Å². The Morgan fingerprint density at radius 2 is 1.71 bits per heavy atom. The predicted octanol–water partition coefficient (Wildman–Crippen LogP) is 6.49. The Morgan fingerprint density at radius 1 is 1.04 bits per heavy atom. The number of halogens is 6. The summed E-state index contributed by atoms with van der Waals surface area (Å²) < 4.78 is 97.7. The summed E-state index contributed by atoms with van der Waals surface area (Å²) in [6.07, 6.45) is -8.65. The van der Waals surface area contributed by atoms with Crippen LogP contribution >= 0.6 is 0 Å². The number of methoxy groups -OCH3 is 2. The molecule has 11 nitrogen and oxygen atoms in total. The van der Waals surface area contributed by atoms with Crippen molar-refractivity contribution in [3.05, 3.63) is 76.4 Å². The van der Waals surface area contributed by atoms with Crippen molar-refractivity contribution < 1.29 is 54.9 Å². The number of alkyl halides is 6. The number of hydrogen-bond donors (Lipinski definition) is 2. The summed E-state index contributed by atoms with van der Waals surface area (Å²) in [5, 5.41) is 2.75. The SMILES string of the molecule is CCOC(=O)N1c2cc(OC)c(C(=O)NCCc3cnc[nH]3)cc2[C@H](N(Cc2cc(C(F)(F)F)cc(C(F)(F)F)c2)C(=O)OC)C[C@@H]1C. The van der Waals surface area contributed by atoms with Crippen molar-refractivity contribution in [2.75, 3.05) is 32.3 Å². The third-order valence-electron chi connectivity index (χ3n) is 7.70. The molecule has 260 valence electrons. The number of fused-ring (bicyclic) bond motifs is 1. The van der Waals surface area contributed by atoms with Crippen molar-refractivity contribution in [1.82, 2.24) is 20.2 Å². The first kappa shape index (κ1) is 35.9. The van der Waals surface area contributed by atoms with Crippen molar-refractivity contribution in [3.8, 4) is 5.75 Å². The molecule has 2 heterocycles. The van der Waals surface area contributed by atoms with Gasteiger partial charge in [-0.25, -0.2) is 14.6 Å². The first-order valence-corrected chi connectivity index (χ1v) is 14.6. The van der Waals surface area contributed by atoms with E-state index in [0.29, 0.717) is 18.6 Å². The lowest BCUT2D eigenvalue weighted by molar-refractivity contribution is -0.143. The molecule has 3 amide bonds. The van der Waals surface area contributed by atoms with Crippen molar-refractivity contribution in [3.63, 3.8) is 0 Å². The molecule has 0 spiro atoms. The van der Waals surface area contributed by atoms with Crippen LogP contribution in [0.3, 0.4) is 0 Å². The normalized spacial score (nSPS) is 16.2. The quantitative estimate of drug-likeness (QED) is 0.247. The van der Waals surface area contributed by atoms with Gasteiger partial charge in [0.1, 0.15) is 5.75 Å². The zero-order chi connectivity index (χ0) is 35.4. The smallest absolute Gasteiger partial charge is 0.416 e. The van der Waals surface area contributed by atoms with Crippen molar-refractivity contribution in [2.24, 2.45) is 0 Å². The number of benzene rings is 2. The summed E-state index contributed by atoms with van der Waals surface area (Å²) in [7, 11) is 2.31. The van der Waals surface area contributed by atoms with Gasteiger partial charge in [0.15, 0.2) is 0 Å². The van der Waals surface area contributed by atoms with Gasteiger partial charge in [-0.1, -0.05) is 0 Å². The standard InChI is InChI=1S/C31H33F6N5O6/c1-5-48-29(45)42-17(2)8-24(22-12-23(26(46-3)13-25(22)42)27(43)39-7-6-21-14-38-16-40-21)41(28(44)47-4)15-18-9-19(30(32,33)34)11-20(10-18)31(35,36)37/h9-14,16-17,24H,5-8,15H2,1-4H3,(H,38,40)(H,39,43)/t17-,24+/m0/s1. The second kappa shape index (κ2) is 14.4. The number of imidazole rings is 1. The maximum Gasteiger partial charge on any atom is 0.416 e. The Hall–Kier alpha value is -4.96. The van der Waals surface area contributed by atoms with E-state index in [1.165, 1.54) is 30.5 Å². The van der Waals surface area contributed by atoms with Crippen LogP contribution in [-0.4, -0.2) is 66.4 Å². The minimum absolute atomic E-state index is 0.00698. The topological polar surface area (TPSA) is 126 Å². The van der Waals surface area contributed by atoms with Crippen LogP contribution in [0.5, 0.6) is 5.75 Å². The molecule has 4 rings (SSSR count). The molecule has 48 heavy (non-hydrogen) atoms. The fraction of sp³-hybridized carbons (Fsp3) is 0.419. The Kier molecular flexibility index (Phi) is 10.8. The summed E-state index contributed by atoms with van der Waals surface area (Å²) in [6, 6.07) is 1.99. The molecule has 17 heteroatoms. The maximum atomic E-state index is 13.7. The van der Waals surface area contributed by atoms with Gasteiger partial charge in [-0.15, -0.1) is 0 Å². The van der Waals surface area contributed by atoms with Gasteiger partial charge in [-0.3, -0.25) is 14.6 Å². The lowest BCUT2D eigenvalue weighted by atomic mass is 9.88. The molecule has 1 aromatic heterocycles. The second-order valence-corrected chi connectivity index (χ2v) is 10.9. The second-order valence-electron chi connectivity index (χ2n) is 10.9. The molecule has 0 saturated carbocycles. The van der Waals surface area contributed by atoms with E-state index in [-0.39, 0.29) is 48.2 Å². The number of nitrogens with one attached hydrogen (secondary N) is 2. The maximum absolute atomic E-state index is 13.7. The van der Waals surface area contributed by atoms with Gasteiger partial charge >= 0.3 is 24.5 Å².